The fraction of sp³-hybridized carbons (Fsp3) is 0.318. The van der Waals surface area contributed by atoms with Crippen molar-refractivity contribution in [2.45, 2.75) is 26.0 Å². The Hall–Kier alpha value is -2.99. The van der Waals surface area contributed by atoms with E-state index in [1.807, 2.05) is 43.3 Å². The van der Waals surface area contributed by atoms with Crippen LogP contribution in [0.5, 0.6) is 0 Å². The van der Waals surface area contributed by atoms with Crippen molar-refractivity contribution in [3.8, 4) is 0 Å². The number of aliphatic hydroxyl groups is 1. The van der Waals surface area contributed by atoms with Crippen LogP contribution < -0.4 is 5.56 Å². The number of likely N-dealkylation sites (tertiary alicyclic amines) is 1. The molecule has 6 nitrogen and oxygen atoms in total. The zero-order chi connectivity index (χ0) is 19.7. The van der Waals surface area contributed by atoms with E-state index >= 15 is 0 Å². The molecule has 1 fully saturated rings. The van der Waals surface area contributed by atoms with Gasteiger partial charge in [0.05, 0.1) is 11.6 Å². The van der Waals surface area contributed by atoms with E-state index in [4.69, 9.17) is 0 Å². The SMILES string of the molecule is CCn1ccc(C(=O)N2C[C@@H](Cc3ccc4ccccc4n3)[C@H](O)C2)cc1=O. The smallest absolute Gasteiger partial charge is 0.254 e. The lowest BCUT2D eigenvalue weighted by molar-refractivity contribution is 0.0764. The molecule has 2 aromatic heterocycles. The van der Waals surface area contributed by atoms with Gasteiger partial charge in [0, 0.05) is 54.5 Å². The summed E-state index contributed by atoms with van der Waals surface area (Å²) in [5.41, 5.74) is 2.01. The van der Waals surface area contributed by atoms with Crippen LogP contribution in [-0.2, 0) is 13.0 Å². The van der Waals surface area contributed by atoms with Gasteiger partial charge >= 0.3 is 0 Å². The second-order valence-electron chi connectivity index (χ2n) is 7.28. The van der Waals surface area contributed by atoms with E-state index in [9.17, 15) is 14.7 Å². The van der Waals surface area contributed by atoms with Gasteiger partial charge in [-0.25, -0.2) is 0 Å². The molecule has 0 bridgehead atoms. The third-order valence-corrected chi connectivity index (χ3v) is 5.40. The number of para-hydroxylation sites is 1. The Labute approximate surface area is 163 Å². The molecule has 0 aliphatic carbocycles. The van der Waals surface area contributed by atoms with Crippen molar-refractivity contribution in [3.63, 3.8) is 0 Å². The van der Waals surface area contributed by atoms with Crippen molar-refractivity contribution in [1.82, 2.24) is 14.5 Å². The number of benzene rings is 1. The van der Waals surface area contributed by atoms with Crippen LogP contribution in [0.15, 0.2) is 59.5 Å². The van der Waals surface area contributed by atoms with Crippen LogP contribution in [0.2, 0.25) is 0 Å². The number of amides is 1. The minimum atomic E-state index is -0.603. The van der Waals surface area contributed by atoms with Gasteiger partial charge in [-0.2, -0.15) is 0 Å². The van der Waals surface area contributed by atoms with Gasteiger partial charge in [0.2, 0.25) is 0 Å². The Kier molecular flexibility index (Phi) is 4.96. The normalized spacial score (nSPS) is 19.3. The molecule has 144 valence electrons. The van der Waals surface area contributed by atoms with Crippen LogP contribution in [0.4, 0.5) is 0 Å². The number of hydrogen-bond donors (Lipinski definition) is 1. The summed E-state index contributed by atoms with van der Waals surface area (Å²) in [5, 5.41) is 11.6. The van der Waals surface area contributed by atoms with Gasteiger partial charge in [-0.1, -0.05) is 24.3 Å². The first-order chi connectivity index (χ1) is 13.5. The van der Waals surface area contributed by atoms with Crippen molar-refractivity contribution in [1.29, 1.82) is 0 Å². The number of carbonyl (C=O) groups is 1. The molecule has 0 radical (unpaired) electrons. The first-order valence-corrected chi connectivity index (χ1v) is 9.57. The highest BCUT2D eigenvalue weighted by molar-refractivity contribution is 5.94. The number of carbonyl (C=O) groups excluding carboxylic acids is 1. The van der Waals surface area contributed by atoms with Gasteiger partial charge in [-0.15, -0.1) is 0 Å². The fourth-order valence-electron chi connectivity index (χ4n) is 3.80. The average molecular weight is 377 g/mol. The van der Waals surface area contributed by atoms with Crippen molar-refractivity contribution >= 4 is 16.8 Å². The lowest BCUT2D eigenvalue weighted by atomic mass is 9.99. The molecular weight excluding hydrogens is 354 g/mol. The fourth-order valence-corrected chi connectivity index (χ4v) is 3.80. The maximum absolute atomic E-state index is 12.8. The van der Waals surface area contributed by atoms with E-state index in [-0.39, 0.29) is 23.9 Å². The monoisotopic (exact) mass is 377 g/mol. The largest absolute Gasteiger partial charge is 0.391 e. The summed E-state index contributed by atoms with van der Waals surface area (Å²) in [6.07, 6.45) is 1.64. The van der Waals surface area contributed by atoms with Crippen LogP contribution in [0.1, 0.15) is 23.0 Å². The van der Waals surface area contributed by atoms with Gasteiger partial charge in [0.25, 0.3) is 11.5 Å². The summed E-state index contributed by atoms with van der Waals surface area (Å²) in [4.78, 5) is 31.1. The Bertz CT molecular complexity index is 1080. The van der Waals surface area contributed by atoms with Crippen LogP contribution in [0.25, 0.3) is 10.9 Å². The molecule has 0 spiro atoms. The van der Waals surface area contributed by atoms with Crippen molar-refractivity contribution in [2.24, 2.45) is 5.92 Å². The summed E-state index contributed by atoms with van der Waals surface area (Å²) in [5.74, 6) is -0.290. The van der Waals surface area contributed by atoms with Gasteiger partial charge in [-0.3, -0.25) is 14.6 Å². The highest BCUT2D eigenvalue weighted by Gasteiger charge is 2.34. The molecule has 1 aromatic carbocycles. The highest BCUT2D eigenvalue weighted by Crippen LogP contribution is 2.23. The average Bonchev–Trinajstić information content (AvgIpc) is 3.07. The molecule has 1 amide bonds. The van der Waals surface area contributed by atoms with Crippen LogP contribution in [0.3, 0.4) is 0 Å². The molecule has 28 heavy (non-hydrogen) atoms. The molecule has 1 aliphatic heterocycles. The Morgan fingerprint density at radius 2 is 2.00 bits per heavy atom. The molecule has 6 heteroatoms. The van der Waals surface area contributed by atoms with Gasteiger partial charge < -0.3 is 14.6 Å². The number of aliphatic hydroxyl groups excluding tert-OH is 1. The first kappa shape index (κ1) is 18.4. The molecule has 0 unspecified atom stereocenters. The Balaban J connectivity index is 1.48. The molecule has 1 saturated heterocycles. The number of rotatable bonds is 4. The lowest BCUT2D eigenvalue weighted by Gasteiger charge is -2.16. The Morgan fingerprint density at radius 3 is 2.79 bits per heavy atom. The van der Waals surface area contributed by atoms with Crippen LogP contribution >= 0.6 is 0 Å². The van der Waals surface area contributed by atoms with Crippen molar-refractivity contribution in [2.75, 3.05) is 13.1 Å². The Morgan fingerprint density at radius 1 is 1.18 bits per heavy atom. The first-order valence-electron chi connectivity index (χ1n) is 9.57. The van der Waals surface area contributed by atoms with E-state index in [0.717, 1.165) is 16.6 Å². The number of fused-ring (bicyclic) bond motifs is 1. The minimum absolute atomic E-state index is 0.0753. The highest BCUT2D eigenvalue weighted by atomic mass is 16.3. The number of aromatic nitrogens is 2. The summed E-state index contributed by atoms with van der Waals surface area (Å²) < 4.78 is 1.55. The summed E-state index contributed by atoms with van der Waals surface area (Å²) >= 11 is 0. The van der Waals surface area contributed by atoms with Crippen LogP contribution in [-0.4, -0.2) is 44.7 Å². The van der Waals surface area contributed by atoms with E-state index in [2.05, 4.69) is 4.98 Å². The second-order valence-corrected chi connectivity index (χ2v) is 7.28. The quantitative estimate of drug-likeness (QED) is 0.755. The number of nitrogens with zero attached hydrogens (tertiary/aromatic N) is 3. The van der Waals surface area contributed by atoms with E-state index in [0.29, 0.717) is 25.1 Å². The maximum atomic E-state index is 12.8. The number of aryl methyl sites for hydroxylation is 1. The molecule has 1 N–H and O–H groups in total. The second kappa shape index (κ2) is 7.56. The third kappa shape index (κ3) is 3.55. The zero-order valence-corrected chi connectivity index (χ0v) is 15.8. The van der Waals surface area contributed by atoms with Crippen LogP contribution in [0, 0.1) is 5.92 Å². The molecule has 1 aliphatic rings. The summed E-state index contributed by atoms with van der Waals surface area (Å²) in [6, 6.07) is 15.0. The summed E-state index contributed by atoms with van der Waals surface area (Å²) in [7, 11) is 0. The molecule has 3 heterocycles. The van der Waals surface area contributed by atoms with Gasteiger partial charge in [0.15, 0.2) is 0 Å². The predicted octanol–water partition coefficient (Wildman–Crippen LogP) is 2.09. The molecular formula is C22H23N3O3. The van der Waals surface area contributed by atoms with Crippen molar-refractivity contribution < 1.29 is 9.90 Å². The van der Waals surface area contributed by atoms with E-state index in [1.165, 1.54) is 6.07 Å². The standard InChI is InChI=1S/C22H23N3O3/c1-2-24-10-9-16(12-21(24)27)22(28)25-13-17(20(26)14-25)11-18-8-7-15-5-3-4-6-19(15)23-18/h3-10,12,17,20,26H,2,11,13-14H2,1H3/t17-,20-/m1/s1. The van der Waals surface area contributed by atoms with E-state index in [1.54, 1.807) is 21.7 Å². The molecule has 3 aromatic rings. The van der Waals surface area contributed by atoms with Gasteiger partial charge in [-0.05, 0) is 31.5 Å². The van der Waals surface area contributed by atoms with E-state index < -0.39 is 6.10 Å². The molecule has 2 atom stereocenters. The lowest BCUT2D eigenvalue weighted by Crippen LogP contribution is -2.31. The number of hydrogen-bond acceptors (Lipinski definition) is 4. The van der Waals surface area contributed by atoms with Crippen molar-refractivity contribution in [3.05, 3.63) is 76.3 Å². The maximum Gasteiger partial charge on any atom is 0.254 e. The van der Waals surface area contributed by atoms with Gasteiger partial charge in [0.1, 0.15) is 0 Å². The summed E-state index contributed by atoms with van der Waals surface area (Å²) in [6.45, 7) is 3.17. The number of β-amino-alcohol motifs (C(OH)–C–C–N with tert-alkyl or cyclic N) is 1. The molecule has 4 rings (SSSR count). The number of pyridine rings is 2. The minimum Gasteiger partial charge on any atom is -0.391 e. The molecule has 0 saturated carbocycles. The third-order valence-electron chi connectivity index (χ3n) is 5.40. The zero-order valence-electron chi connectivity index (χ0n) is 15.8. The predicted molar refractivity (Wildman–Crippen MR) is 107 cm³/mol. The topological polar surface area (TPSA) is 75.4 Å².